The summed E-state index contributed by atoms with van der Waals surface area (Å²) in [4.78, 5) is 10.4. The predicted octanol–water partition coefficient (Wildman–Crippen LogP) is 1.81. The Morgan fingerprint density at radius 1 is 1.37 bits per heavy atom. The van der Waals surface area contributed by atoms with Crippen LogP contribution >= 0.6 is 12.2 Å². The molecular weight excluding hydrogens is 258 g/mol. The van der Waals surface area contributed by atoms with Gasteiger partial charge in [0, 0.05) is 25.5 Å². The monoisotopic (exact) mass is 277 g/mol. The van der Waals surface area contributed by atoms with Crippen molar-refractivity contribution in [3.63, 3.8) is 0 Å². The van der Waals surface area contributed by atoms with E-state index in [0.717, 1.165) is 24.7 Å². The molecule has 5 nitrogen and oxygen atoms in total. The first-order valence-corrected chi connectivity index (χ1v) is 6.94. The SMILES string of the molecule is C/C(=N\NC(=S)N1CCC(C)CC1)c1ncccn1. The summed E-state index contributed by atoms with van der Waals surface area (Å²) in [6.07, 6.45) is 5.77. The fourth-order valence-electron chi connectivity index (χ4n) is 1.95. The second-order valence-electron chi connectivity index (χ2n) is 4.86. The Balaban J connectivity index is 1.89. The molecule has 1 N–H and O–H groups in total. The highest BCUT2D eigenvalue weighted by Crippen LogP contribution is 2.15. The number of hydrogen-bond donors (Lipinski definition) is 1. The summed E-state index contributed by atoms with van der Waals surface area (Å²) in [6, 6.07) is 1.78. The molecule has 2 heterocycles. The number of likely N-dealkylation sites (tertiary alicyclic amines) is 1. The summed E-state index contributed by atoms with van der Waals surface area (Å²) in [5.74, 6) is 1.41. The largest absolute Gasteiger partial charge is 0.348 e. The van der Waals surface area contributed by atoms with Crippen molar-refractivity contribution in [1.29, 1.82) is 0 Å². The second kappa shape index (κ2) is 6.56. The van der Waals surface area contributed by atoms with Gasteiger partial charge in [0.1, 0.15) is 5.71 Å². The number of nitrogens with zero attached hydrogens (tertiary/aromatic N) is 4. The molecule has 0 unspecified atom stereocenters. The fraction of sp³-hybridized carbons (Fsp3) is 0.538. The van der Waals surface area contributed by atoms with E-state index < -0.39 is 0 Å². The van der Waals surface area contributed by atoms with Gasteiger partial charge in [-0.15, -0.1) is 0 Å². The molecule has 1 aliphatic heterocycles. The summed E-state index contributed by atoms with van der Waals surface area (Å²) in [7, 11) is 0. The minimum absolute atomic E-state index is 0.616. The molecular formula is C13H19N5S. The third kappa shape index (κ3) is 3.96. The maximum absolute atomic E-state index is 5.35. The maximum atomic E-state index is 5.35. The molecule has 1 aromatic heterocycles. The average molecular weight is 277 g/mol. The van der Waals surface area contributed by atoms with E-state index in [9.17, 15) is 0 Å². The summed E-state index contributed by atoms with van der Waals surface area (Å²) < 4.78 is 0. The van der Waals surface area contributed by atoms with Gasteiger partial charge in [-0.2, -0.15) is 5.10 Å². The van der Waals surface area contributed by atoms with E-state index in [-0.39, 0.29) is 0 Å². The van der Waals surface area contributed by atoms with Crippen LogP contribution in [0.5, 0.6) is 0 Å². The molecule has 1 aliphatic rings. The molecule has 1 fully saturated rings. The van der Waals surface area contributed by atoms with Gasteiger partial charge in [0.15, 0.2) is 10.9 Å². The maximum Gasteiger partial charge on any atom is 0.189 e. The molecule has 0 aromatic carbocycles. The third-order valence-electron chi connectivity index (χ3n) is 3.28. The normalized spacial score (nSPS) is 17.4. The summed E-state index contributed by atoms with van der Waals surface area (Å²) >= 11 is 5.35. The van der Waals surface area contributed by atoms with E-state index >= 15 is 0 Å². The summed E-state index contributed by atoms with van der Waals surface area (Å²) in [5.41, 5.74) is 3.66. The van der Waals surface area contributed by atoms with E-state index in [1.807, 2.05) is 6.92 Å². The third-order valence-corrected chi connectivity index (χ3v) is 3.63. The first-order valence-electron chi connectivity index (χ1n) is 6.53. The van der Waals surface area contributed by atoms with Crippen molar-refractivity contribution >= 4 is 23.0 Å². The number of aromatic nitrogens is 2. The van der Waals surface area contributed by atoms with Crippen molar-refractivity contribution in [2.24, 2.45) is 11.0 Å². The molecule has 6 heteroatoms. The predicted molar refractivity (Wildman–Crippen MR) is 79.9 cm³/mol. The first kappa shape index (κ1) is 13.9. The molecule has 0 spiro atoms. The lowest BCUT2D eigenvalue weighted by molar-refractivity contribution is 0.278. The fourth-order valence-corrected chi connectivity index (χ4v) is 2.18. The molecule has 0 aliphatic carbocycles. The van der Waals surface area contributed by atoms with Crippen LogP contribution in [0.4, 0.5) is 0 Å². The van der Waals surface area contributed by atoms with Crippen molar-refractivity contribution in [3.05, 3.63) is 24.3 Å². The molecule has 0 atom stereocenters. The van der Waals surface area contributed by atoms with Gasteiger partial charge in [0.2, 0.25) is 0 Å². The lowest BCUT2D eigenvalue weighted by atomic mass is 10.00. The van der Waals surface area contributed by atoms with E-state index in [4.69, 9.17) is 12.2 Å². The van der Waals surface area contributed by atoms with Crippen LogP contribution in [0.1, 0.15) is 32.5 Å². The summed E-state index contributed by atoms with van der Waals surface area (Å²) in [5, 5.41) is 4.93. The molecule has 102 valence electrons. The van der Waals surface area contributed by atoms with Gasteiger partial charge in [-0.05, 0) is 44.0 Å². The van der Waals surface area contributed by atoms with Crippen LogP contribution in [0.3, 0.4) is 0 Å². The van der Waals surface area contributed by atoms with Crippen LogP contribution in [0.25, 0.3) is 0 Å². The number of nitrogens with one attached hydrogen (secondary N) is 1. The first-order chi connectivity index (χ1) is 9.16. The highest BCUT2D eigenvalue weighted by Gasteiger charge is 2.17. The van der Waals surface area contributed by atoms with Gasteiger partial charge in [-0.25, -0.2) is 9.97 Å². The second-order valence-corrected chi connectivity index (χ2v) is 5.24. The van der Waals surface area contributed by atoms with Crippen molar-refractivity contribution < 1.29 is 0 Å². The zero-order chi connectivity index (χ0) is 13.7. The average Bonchev–Trinajstić information content (AvgIpc) is 2.46. The van der Waals surface area contributed by atoms with E-state index in [0.29, 0.717) is 10.9 Å². The highest BCUT2D eigenvalue weighted by molar-refractivity contribution is 7.80. The van der Waals surface area contributed by atoms with Crippen LogP contribution in [-0.2, 0) is 0 Å². The number of piperidine rings is 1. The Morgan fingerprint density at radius 3 is 2.63 bits per heavy atom. The van der Waals surface area contributed by atoms with E-state index in [1.54, 1.807) is 18.5 Å². The lowest BCUT2D eigenvalue weighted by Gasteiger charge is -2.31. The van der Waals surface area contributed by atoms with Gasteiger partial charge < -0.3 is 4.90 Å². The highest BCUT2D eigenvalue weighted by atomic mass is 32.1. The molecule has 0 radical (unpaired) electrons. The minimum atomic E-state index is 0.616. The van der Waals surface area contributed by atoms with Crippen molar-refractivity contribution in [1.82, 2.24) is 20.3 Å². The molecule has 0 saturated carbocycles. The molecule has 0 bridgehead atoms. The topological polar surface area (TPSA) is 53.4 Å². The zero-order valence-corrected chi connectivity index (χ0v) is 12.2. The van der Waals surface area contributed by atoms with Crippen LogP contribution in [0.15, 0.2) is 23.6 Å². The standard InChI is InChI=1S/C13H19N5S/c1-10-4-8-18(9-5-10)13(19)17-16-11(2)12-14-6-3-7-15-12/h3,6-7,10H,4-5,8-9H2,1-2H3,(H,17,19)/b16-11+. The Hall–Kier alpha value is -1.56. The van der Waals surface area contributed by atoms with Crippen LogP contribution < -0.4 is 5.43 Å². The lowest BCUT2D eigenvalue weighted by Crippen LogP contribution is -2.42. The van der Waals surface area contributed by atoms with Crippen LogP contribution in [0.2, 0.25) is 0 Å². The number of hydrogen-bond acceptors (Lipinski definition) is 4. The van der Waals surface area contributed by atoms with E-state index in [2.05, 4.69) is 32.3 Å². The van der Waals surface area contributed by atoms with Crippen LogP contribution in [-0.4, -0.2) is 38.8 Å². The number of hydrazone groups is 1. The van der Waals surface area contributed by atoms with Crippen LogP contribution in [0, 0.1) is 5.92 Å². The van der Waals surface area contributed by atoms with Crippen molar-refractivity contribution in [2.75, 3.05) is 13.1 Å². The van der Waals surface area contributed by atoms with Gasteiger partial charge >= 0.3 is 0 Å². The number of thiocarbonyl (C=S) groups is 1. The van der Waals surface area contributed by atoms with Crippen molar-refractivity contribution in [2.45, 2.75) is 26.7 Å². The quantitative estimate of drug-likeness (QED) is 0.507. The molecule has 1 saturated heterocycles. The molecule has 2 rings (SSSR count). The molecule has 1 aromatic rings. The Labute approximate surface area is 119 Å². The Kier molecular flexibility index (Phi) is 4.79. The Bertz CT molecular complexity index is 451. The van der Waals surface area contributed by atoms with E-state index in [1.165, 1.54) is 12.8 Å². The summed E-state index contributed by atoms with van der Waals surface area (Å²) in [6.45, 7) is 6.15. The van der Waals surface area contributed by atoms with Gasteiger partial charge in [0.05, 0.1) is 0 Å². The van der Waals surface area contributed by atoms with Gasteiger partial charge in [-0.3, -0.25) is 5.43 Å². The molecule has 0 amide bonds. The van der Waals surface area contributed by atoms with Gasteiger partial charge in [-0.1, -0.05) is 6.92 Å². The zero-order valence-electron chi connectivity index (χ0n) is 11.3. The van der Waals surface area contributed by atoms with Gasteiger partial charge in [0.25, 0.3) is 0 Å². The smallest absolute Gasteiger partial charge is 0.189 e. The Morgan fingerprint density at radius 2 is 2.00 bits per heavy atom. The minimum Gasteiger partial charge on any atom is -0.348 e. The molecule has 19 heavy (non-hydrogen) atoms. The number of rotatable bonds is 2. The van der Waals surface area contributed by atoms with Crippen molar-refractivity contribution in [3.8, 4) is 0 Å².